The number of phenolic OH excluding ortho intramolecular Hbond substituents is 1. The molecule has 0 saturated heterocycles. The zero-order chi connectivity index (χ0) is 13.1. The highest BCUT2D eigenvalue weighted by molar-refractivity contribution is 6.08. The summed E-state index contributed by atoms with van der Waals surface area (Å²) in [6.45, 7) is 1.80. The van der Waals surface area contributed by atoms with Crippen LogP contribution in [0.2, 0.25) is 0 Å². The zero-order valence-electron chi connectivity index (χ0n) is 9.84. The Hall–Kier alpha value is -2.56. The average molecular weight is 243 g/mol. The monoisotopic (exact) mass is 243 g/mol. The number of hydrogen-bond acceptors (Lipinski definition) is 4. The molecule has 0 spiro atoms. The summed E-state index contributed by atoms with van der Waals surface area (Å²) in [5.41, 5.74) is 7.40. The second-order valence-corrected chi connectivity index (χ2v) is 3.89. The van der Waals surface area contributed by atoms with Crippen molar-refractivity contribution in [3.8, 4) is 5.75 Å². The summed E-state index contributed by atoms with van der Waals surface area (Å²) in [6.07, 6.45) is 1.56. The number of nitrogens with one attached hydrogen (secondary N) is 1. The highest BCUT2D eigenvalue weighted by atomic mass is 16.3. The maximum Gasteiger partial charge on any atom is 0.259 e. The molecule has 0 aliphatic rings. The van der Waals surface area contributed by atoms with Gasteiger partial charge in [-0.1, -0.05) is 0 Å². The molecule has 5 nitrogen and oxygen atoms in total. The number of aryl methyl sites for hydroxylation is 1. The van der Waals surface area contributed by atoms with Crippen LogP contribution in [0.4, 0.5) is 11.5 Å². The normalized spacial score (nSPS) is 10.1. The van der Waals surface area contributed by atoms with E-state index in [-0.39, 0.29) is 17.5 Å². The molecule has 92 valence electrons. The summed E-state index contributed by atoms with van der Waals surface area (Å²) >= 11 is 0. The SMILES string of the molecule is Cc1ccnc(N)c1C(=O)Nc1ccc(O)cc1. The summed E-state index contributed by atoms with van der Waals surface area (Å²) in [7, 11) is 0. The number of amides is 1. The van der Waals surface area contributed by atoms with Gasteiger partial charge in [0, 0.05) is 11.9 Å². The van der Waals surface area contributed by atoms with E-state index < -0.39 is 0 Å². The van der Waals surface area contributed by atoms with Crippen molar-refractivity contribution in [2.24, 2.45) is 0 Å². The van der Waals surface area contributed by atoms with Crippen LogP contribution in [0.15, 0.2) is 36.5 Å². The Labute approximate surface area is 104 Å². The van der Waals surface area contributed by atoms with E-state index in [0.29, 0.717) is 11.3 Å². The zero-order valence-corrected chi connectivity index (χ0v) is 9.84. The molecule has 4 N–H and O–H groups in total. The van der Waals surface area contributed by atoms with Gasteiger partial charge in [-0.05, 0) is 42.8 Å². The van der Waals surface area contributed by atoms with Crippen LogP contribution in [0.1, 0.15) is 15.9 Å². The Morgan fingerprint density at radius 3 is 2.56 bits per heavy atom. The van der Waals surface area contributed by atoms with E-state index in [1.807, 2.05) is 0 Å². The van der Waals surface area contributed by atoms with Crippen LogP contribution in [0.3, 0.4) is 0 Å². The van der Waals surface area contributed by atoms with Crippen molar-refractivity contribution in [3.05, 3.63) is 47.7 Å². The van der Waals surface area contributed by atoms with Crippen LogP contribution >= 0.6 is 0 Å². The van der Waals surface area contributed by atoms with Gasteiger partial charge in [0.05, 0.1) is 5.56 Å². The lowest BCUT2D eigenvalue weighted by atomic mass is 10.1. The van der Waals surface area contributed by atoms with Gasteiger partial charge < -0.3 is 16.2 Å². The number of phenols is 1. The Bertz CT molecular complexity index is 559. The standard InChI is InChI=1S/C13H13N3O2/c1-8-6-7-15-12(14)11(8)13(18)16-9-2-4-10(17)5-3-9/h2-7,17H,1H3,(H2,14,15)(H,16,18). The van der Waals surface area contributed by atoms with Crippen LogP contribution in [-0.2, 0) is 0 Å². The molecule has 18 heavy (non-hydrogen) atoms. The molecule has 1 heterocycles. The fourth-order valence-corrected chi connectivity index (χ4v) is 1.61. The van der Waals surface area contributed by atoms with Crippen molar-refractivity contribution in [2.45, 2.75) is 6.92 Å². The van der Waals surface area contributed by atoms with Crippen molar-refractivity contribution in [1.82, 2.24) is 4.98 Å². The number of hydrogen-bond donors (Lipinski definition) is 3. The van der Waals surface area contributed by atoms with Gasteiger partial charge in [0.15, 0.2) is 0 Å². The first-order valence-electron chi connectivity index (χ1n) is 5.39. The molecule has 0 saturated carbocycles. The number of pyridine rings is 1. The summed E-state index contributed by atoms with van der Waals surface area (Å²) in [5, 5.41) is 11.9. The first kappa shape index (κ1) is 11.9. The Morgan fingerprint density at radius 1 is 1.28 bits per heavy atom. The third-order valence-electron chi connectivity index (χ3n) is 2.54. The van der Waals surface area contributed by atoms with Gasteiger partial charge in [0.2, 0.25) is 0 Å². The number of benzene rings is 1. The molecule has 1 amide bonds. The lowest BCUT2D eigenvalue weighted by Gasteiger charge is -2.09. The molecule has 0 radical (unpaired) electrons. The second kappa shape index (κ2) is 4.75. The summed E-state index contributed by atoms with van der Waals surface area (Å²) in [5.74, 6) is 0.0279. The van der Waals surface area contributed by atoms with Crippen molar-refractivity contribution in [1.29, 1.82) is 0 Å². The van der Waals surface area contributed by atoms with Crippen molar-refractivity contribution >= 4 is 17.4 Å². The Balaban J connectivity index is 2.25. The molecule has 0 aliphatic heterocycles. The minimum Gasteiger partial charge on any atom is -0.508 e. The molecule has 1 aromatic carbocycles. The fourth-order valence-electron chi connectivity index (χ4n) is 1.61. The van der Waals surface area contributed by atoms with Gasteiger partial charge in [-0.3, -0.25) is 4.79 Å². The van der Waals surface area contributed by atoms with E-state index >= 15 is 0 Å². The molecule has 0 unspecified atom stereocenters. The predicted octanol–water partition coefficient (Wildman–Crippen LogP) is 1.93. The number of nitrogen functional groups attached to an aromatic ring is 1. The first-order chi connectivity index (χ1) is 8.58. The summed E-state index contributed by atoms with van der Waals surface area (Å²) < 4.78 is 0. The summed E-state index contributed by atoms with van der Waals surface area (Å²) in [6, 6.07) is 7.93. The lowest BCUT2D eigenvalue weighted by molar-refractivity contribution is 0.102. The van der Waals surface area contributed by atoms with Crippen molar-refractivity contribution < 1.29 is 9.90 Å². The number of nitrogens with zero attached hydrogens (tertiary/aromatic N) is 1. The van der Waals surface area contributed by atoms with Gasteiger partial charge in [0.1, 0.15) is 11.6 Å². The third kappa shape index (κ3) is 2.40. The molecule has 1 aromatic heterocycles. The van der Waals surface area contributed by atoms with Gasteiger partial charge in [-0.25, -0.2) is 4.98 Å². The Morgan fingerprint density at radius 2 is 1.94 bits per heavy atom. The van der Waals surface area contributed by atoms with E-state index in [4.69, 9.17) is 10.8 Å². The molecule has 2 rings (SSSR count). The highest BCUT2D eigenvalue weighted by Gasteiger charge is 2.13. The van der Waals surface area contributed by atoms with Crippen LogP contribution in [0, 0.1) is 6.92 Å². The average Bonchev–Trinajstić information content (AvgIpc) is 2.32. The number of aromatic hydroxyl groups is 1. The fraction of sp³-hybridized carbons (Fsp3) is 0.0769. The maximum atomic E-state index is 12.0. The molecule has 0 bridgehead atoms. The molecular formula is C13H13N3O2. The smallest absolute Gasteiger partial charge is 0.259 e. The number of carbonyl (C=O) groups is 1. The van der Waals surface area contributed by atoms with Crippen molar-refractivity contribution in [2.75, 3.05) is 11.1 Å². The van der Waals surface area contributed by atoms with Crippen LogP contribution in [0.25, 0.3) is 0 Å². The topological polar surface area (TPSA) is 88.2 Å². The second-order valence-electron chi connectivity index (χ2n) is 3.89. The number of aromatic nitrogens is 1. The predicted molar refractivity (Wildman–Crippen MR) is 69.4 cm³/mol. The van der Waals surface area contributed by atoms with Gasteiger partial charge >= 0.3 is 0 Å². The van der Waals surface area contributed by atoms with E-state index in [0.717, 1.165) is 5.56 Å². The minimum atomic E-state index is -0.316. The minimum absolute atomic E-state index is 0.144. The first-order valence-corrected chi connectivity index (χ1v) is 5.39. The molecule has 0 atom stereocenters. The number of carbonyl (C=O) groups excluding carboxylic acids is 1. The largest absolute Gasteiger partial charge is 0.508 e. The quantitative estimate of drug-likeness (QED) is 0.703. The molecule has 0 aliphatic carbocycles. The summed E-state index contributed by atoms with van der Waals surface area (Å²) in [4.78, 5) is 15.9. The van der Waals surface area contributed by atoms with Crippen molar-refractivity contribution in [3.63, 3.8) is 0 Å². The van der Waals surface area contributed by atoms with Gasteiger partial charge in [-0.2, -0.15) is 0 Å². The number of anilines is 2. The molecule has 5 heteroatoms. The molecule has 2 aromatic rings. The van der Waals surface area contributed by atoms with E-state index in [9.17, 15) is 4.79 Å². The molecule has 0 fully saturated rings. The van der Waals surface area contributed by atoms with Gasteiger partial charge in [-0.15, -0.1) is 0 Å². The van der Waals surface area contributed by atoms with Gasteiger partial charge in [0.25, 0.3) is 5.91 Å². The third-order valence-corrected chi connectivity index (χ3v) is 2.54. The molecular weight excluding hydrogens is 230 g/mol. The van der Waals surface area contributed by atoms with E-state index in [1.165, 1.54) is 12.1 Å². The number of rotatable bonds is 2. The highest BCUT2D eigenvalue weighted by Crippen LogP contribution is 2.18. The van der Waals surface area contributed by atoms with Crippen LogP contribution in [0.5, 0.6) is 5.75 Å². The maximum absolute atomic E-state index is 12.0. The van der Waals surface area contributed by atoms with E-state index in [1.54, 1.807) is 31.3 Å². The van der Waals surface area contributed by atoms with Crippen LogP contribution < -0.4 is 11.1 Å². The Kier molecular flexibility index (Phi) is 3.14. The van der Waals surface area contributed by atoms with E-state index in [2.05, 4.69) is 10.3 Å². The number of nitrogens with two attached hydrogens (primary N) is 1. The lowest BCUT2D eigenvalue weighted by Crippen LogP contribution is -2.16. The van der Waals surface area contributed by atoms with Crippen LogP contribution in [-0.4, -0.2) is 16.0 Å².